The number of rotatable bonds is 8. The van der Waals surface area contributed by atoms with Crippen LogP contribution in [0.25, 0.3) is 0 Å². The van der Waals surface area contributed by atoms with Crippen molar-refractivity contribution in [3.05, 3.63) is 59.7 Å². The van der Waals surface area contributed by atoms with Crippen molar-refractivity contribution in [2.75, 3.05) is 18.5 Å². The lowest BCUT2D eigenvalue weighted by molar-refractivity contribution is -0.116. The van der Waals surface area contributed by atoms with E-state index >= 15 is 0 Å². The molecule has 5 nitrogen and oxygen atoms in total. The molecule has 0 aliphatic carbocycles. The number of nitrogens with one attached hydrogen (secondary N) is 1. The Hall–Kier alpha value is -2.82. The number of ether oxygens (including phenoxy) is 2. The number of para-hydroxylation sites is 1. The number of hydrogen-bond donors (Lipinski definition) is 1. The summed E-state index contributed by atoms with van der Waals surface area (Å²) in [5, 5.41) is 2.73. The second kappa shape index (κ2) is 9.47. The SMILES string of the molecule is CCOC(=O)c1ccccc1NC(=O)CCOc1ccc(CC)cc1. The fourth-order valence-electron chi connectivity index (χ4n) is 2.27. The molecule has 0 bridgehead atoms. The Morgan fingerprint density at radius 2 is 1.72 bits per heavy atom. The van der Waals surface area contributed by atoms with Gasteiger partial charge in [0.1, 0.15) is 5.75 Å². The Balaban J connectivity index is 1.86. The van der Waals surface area contributed by atoms with Gasteiger partial charge in [0.25, 0.3) is 0 Å². The molecule has 0 radical (unpaired) electrons. The Morgan fingerprint density at radius 3 is 2.40 bits per heavy atom. The number of carbonyl (C=O) groups is 2. The number of anilines is 1. The van der Waals surface area contributed by atoms with Crippen molar-refractivity contribution >= 4 is 17.6 Å². The van der Waals surface area contributed by atoms with Gasteiger partial charge in [-0.25, -0.2) is 4.79 Å². The predicted octanol–water partition coefficient (Wildman–Crippen LogP) is 3.83. The maximum absolute atomic E-state index is 12.1. The van der Waals surface area contributed by atoms with Crippen molar-refractivity contribution in [3.8, 4) is 5.75 Å². The summed E-state index contributed by atoms with van der Waals surface area (Å²) in [7, 11) is 0. The van der Waals surface area contributed by atoms with Crippen molar-refractivity contribution in [2.24, 2.45) is 0 Å². The molecule has 0 saturated heterocycles. The molecule has 0 aliphatic rings. The van der Waals surface area contributed by atoms with Crippen LogP contribution < -0.4 is 10.1 Å². The molecule has 1 amide bonds. The molecule has 0 spiro atoms. The third-order valence-corrected chi connectivity index (χ3v) is 3.63. The minimum Gasteiger partial charge on any atom is -0.493 e. The molecule has 5 heteroatoms. The second-order valence-corrected chi connectivity index (χ2v) is 5.41. The maximum Gasteiger partial charge on any atom is 0.340 e. The van der Waals surface area contributed by atoms with Crippen molar-refractivity contribution in [2.45, 2.75) is 26.7 Å². The first-order valence-electron chi connectivity index (χ1n) is 8.41. The molecule has 0 heterocycles. The van der Waals surface area contributed by atoms with E-state index in [-0.39, 0.29) is 25.5 Å². The highest BCUT2D eigenvalue weighted by Gasteiger charge is 2.13. The molecule has 0 unspecified atom stereocenters. The number of carbonyl (C=O) groups excluding carboxylic acids is 2. The van der Waals surface area contributed by atoms with Crippen LogP contribution in [-0.4, -0.2) is 25.1 Å². The van der Waals surface area contributed by atoms with Gasteiger partial charge in [-0.2, -0.15) is 0 Å². The third-order valence-electron chi connectivity index (χ3n) is 3.63. The summed E-state index contributed by atoms with van der Waals surface area (Å²) in [6.45, 7) is 4.38. The number of esters is 1. The molecule has 2 aromatic carbocycles. The van der Waals surface area contributed by atoms with Gasteiger partial charge < -0.3 is 14.8 Å². The zero-order valence-corrected chi connectivity index (χ0v) is 14.6. The third kappa shape index (κ3) is 5.64. The predicted molar refractivity (Wildman–Crippen MR) is 97.0 cm³/mol. The minimum absolute atomic E-state index is 0.187. The molecule has 2 rings (SSSR count). The average molecular weight is 341 g/mol. The van der Waals surface area contributed by atoms with Gasteiger partial charge in [-0.3, -0.25) is 4.79 Å². The molecular formula is C20H23NO4. The van der Waals surface area contributed by atoms with Crippen LogP contribution in [0.1, 0.15) is 36.2 Å². The number of benzene rings is 2. The molecule has 0 fully saturated rings. The van der Waals surface area contributed by atoms with E-state index < -0.39 is 5.97 Å². The van der Waals surface area contributed by atoms with E-state index in [1.165, 1.54) is 5.56 Å². The molecule has 0 aromatic heterocycles. The summed E-state index contributed by atoms with van der Waals surface area (Å²) >= 11 is 0. The monoisotopic (exact) mass is 341 g/mol. The van der Waals surface area contributed by atoms with Crippen LogP contribution in [0.15, 0.2) is 48.5 Å². The molecule has 2 aromatic rings. The van der Waals surface area contributed by atoms with Gasteiger partial charge in [0.15, 0.2) is 0 Å². The molecular weight excluding hydrogens is 318 g/mol. The van der Waals surface area contributed by atoms with E-state index in [1.54, 1.807) is 31.2 Å². The number of amides is 1. The lowest BCUT2D eigenvalue weighted by Crippen LogP contribution is -2.18. The van der Waals surface area contributed by atoms with E-state index in [2.05, 4.69) is 12.2 Å². The van der Waals surface area contributed by atoms with Crippen LogP contribution in [0.3, 0.4) is 0 Å². The zero-order chi connectivity index (χ0) is 18.1. The largest absolute Gasteiger partial charge is 0.493 e. The first-order chi connectivity index (χ1) is 12.1. The maximum atomic E-state index is 12.1. The van der Waals surface area contributed by atoms with Gasteiger partial charge in [-0.05, 0) is 43.2 Å². The molecule has 25 heavy (non-hydrogen) atoms. The van der Waals surface area contributed by atoms with Gasteiger partial charge >= 0.3 is 5.97 Å². The molecule has 0 saturated carbocycles. The summed E-state index contributed by atoms with van der Waals surface area (Å²) < 4.78 is 10.6. The van der Waals surface area contributed by atoms with Crippen molar-refractivity contribution in [3.63, 3.8) is 0 Å². The van der Waals surface area contributed by atoms with Gasteiger partial charge in [-0.15, -0.1) is 0 Å². The first-order valence-corrected chi connectivity index (χ1v) is 8.41. The Kier molecular flexibility index (Phi) is 7.01. The molecule has 0 aliphatic heterocycles. The highest BCUT2D eigenvalue weighted by Crippen LogP contribution is 2.17. The lowest BCUT2D eigenvalue weighted by atomic mass is 10.1. The Morgan fingerprint density at radius 1 is 1.00 bits per heavy atom. The van der Waals surface area contributed by atoms with Crippen molar-refractivity contribution in [1.82, 2.24) is 0 Å². The Bertz CT molecular complexity index is 710. The summed E-state index contributed by atoms with van der Waals surface area (Å²) in [5.74, 6) is 0.0597. The molecule has 0 atom stereocenters. The van der Waals surface area contributed by atoms with Crippen LogP contribution in [-0.2, 0) is 16.0 Å². The van der Waals surface area contributed by atoms with Gasteiger partial charge in [0, 0.05) is 0 Å². The van der Waals surface area contributed by atoms with E-state index in [0.717, 1.165) is 12.2 Å². The summed E-state index contributed by atoms with van der Waals surface area (Å²) in [6.07, 6.45) is 1.16. The van der Waals surface area contributed by atoms with Crippen LogP contribution >= 0.6 is 0 Å². The highest BCUT2D eigenvalue weighted by atomic mass is 16.5. The Labute approximate surface area is 148 Å². The molecule has 132 valence electrons. The van der Waals surface area contributed by atoms with E-state index in [0.29, 0.717) is 11.3 Å². The lowest BCUT2D eigenvalue weighted by Gasteiger charge is -2.11. The van der Waals surface area contributed by atoms with Crippen molar-refractivity contribution < 1.29 is 19.1 Å². The summed E-state index contributed by atoms with van der Waals surface area (Å²) in [6, 6.07) is 14.6. The summed E-state index contributed by atoms with van der Waals surface area (Å²) in [4.78, 5) is 24.0. The fourth-order valence-corrected chi connectivity index (χ4v) is 2.27. The quantitative estimate of drug-likeness (QED) is 0.741. The van der Waals surface area contributed by atoms with Crippen LogP contribution in [0.4, 0.5) is 5.69 Å². The smallest absolute Gasteiger partial charge is 0.340 e. The number of hydrogen-bond acceptors (Lipinski definition) is 4. The van der Waals surface area contributed by atoms with Gasteiger partial charge in [-0.1, -0.05) is 31.2 Å². The topological polar surface area (TPSA) is 64.6 Å². The van der Waals surface area contributed by atoms with Gasteiger partial charge in [0.2, 0.25) is 5.91 Å². The van der Waals surface area contributed by atoms with Crippen LogP contribution in [0, 0.1) is 0 Å². The summed E-state index contributed by atoms with van der Waals surface area (Å²) in [5.41, 5.74) is 2.02. The van der Waals surface area contributed by atoms with Crippen LogP contribution in [0.2, 0.25) is 0 Å². The second-order valence-electron chi connectivity index (χ2n) is 5.41. The number of aryl methyl sites for hydroxylation is 1. The standard InChI is InChI=1S/C20H23NO4/c1-3-15-9-11-16(12-10-15)25-14-13-19(22)21-18-8-6-5-7-17(18)20(23)24-4-2/h5-12H,3-4,13-14H2,1-2H3,(H,21,22). The van der Waals surface area contributed by atoms with Crippen molar-refractivity contribution in [1.29, 1.82) is 0 Å². The van der Waals surface area contributed by atoms with Crippen LogP contribution in [0.5, 0.6) is 5.75 Å². The average Bonchev–Trinajstić information content (AvgIpc) is 2.63. The zero-order valence-electron chi connectivity index (χ0n) is 14.6. The van der Waals surface area contributed by atoms with Gasteiger partial charge in [0.05, 0.1) is 30.9 Å². The van der Waals surface area contributed by atoms with E-state index in [1.807, 2.05) is 24.3 Å². The van der Waals surface area contributed by atoms with E-state index in [4.69, 9.17) is 9.47 Å². The fraction of sp³-hybridized carbons (Fsp3) is 0.300. The molecule has 1 N–H and O–H groups in total. The first kappa shape index (κ1) is 18.5. The minimum atomic E-state index is -0.453. The normalized spacial score (nSPS) is 10.2. The highest BCUT2D eigenvalue weighted by molar-refractivity contribution is 6.01. The van der Waals surface area contributed by atoms with E-state index in [9.17, 15) is 9.59 Å².